The maximum Gasteiger partial charge on any atom is 0.232 e. The third kappa shape index (κ3) is 3.30. The van der Waals surface area contributed by atoms with Gasteiger partial charge in [0.25, 0.3) is 0 Å². The first-order valence-corrected chi connectivity index (χ1v) is 3.69. The average Bonchev–Trinajstić information content (AvgIpc) is 2.35. The summed E-state index contributed by atoms with van der Waals surface area (Å²) in [6.07, 6.45) is 0. The predicted octanol–water partition coefficient (Wildman–Crippen LogP) is 1.18. The van der Waals surface area contributed by atoms with Gasteiger partial charge in [-0.1, -0.05) is 25.9 Å². The second-order valence-electron chi connectivity index (χ2n) is 3.58. The minimum absolute atomic E-state index is 0. The van der Waals surface area contributed by atoms with Gasteiger partial charge in [-0.3, -0.25) is 4.84 Å². The standard InChI is InChI=1S/C7H13N3O2.ClH/c1-7(2,3)6-9-5(4-11-8)10-12-6;/h4,8H2,1-3H3;1H. The normalized spacial score (nSPS) is 11.1. The Balaban J connectivity index is 0.00000144. The lowest BCUT2D eigenvalue weighted by Gasteiger charge is -2.10. The molecule has 13 heavy (non-hydrogen) atoms. The van der Waals surface area contributed by atoms with Crippen LogP contribution in [-0.2, 0) is 16.9 Å². The number of nitrogens with two attached hydrogens (primary N) is 1. The van der Waals surface area contributed by atoms with Gasteiger partial charge in [0.1, 0.15) is 6.61 Å². The van der Waals surface area contributed by atoms with Crippen LogP contribution in [0.1, 0.15) is 32.5 Å². The molecular weight excluding hydrogens is 194 g/mol. The number of nitrogens with zero attached hydrogens (tertiary/aromatic N) is 2. The Kier molecular flexibility index (Phi) is 4.32. The van der Waals surface area contributed by atoms with Crippen molar-refractivity contribution < 1.29 is 9.36 Å². The molecule has 0 bridgehead atoms. The van der Waals surface area contributed by atoms with Gasteiger partial charge in [0.2, 0.25) is 5.89 Å². The van der Waals surface area contributed by atoms with Gasteiger partial charge in [0.15, 0.2) is 5.82 Å². The Morgan fingerprint density at radius 3 is 2.46 bits per heavy atom. The molecule has 0 aromatic carbocycles. The van der Waals surface area contributed by atoms with Gasteiger partial charge in [0, 0.05) is 5.41 Å². The van der Waals surface area contributed by atoms with E-state index < -0.39 is 0 Å². The largest absolute Gasteiger partial charge is 0.339 e. The van der Waals surface area contributed by atoms with Crippen LogP contribution < -0.4 is 5.90 Å². The van der Waals surface area contributed by atoms with Gasteiger partial charge in [-0.25, -0.2) is 5.90 Å². The van der Waals surface area contributed by atoms with Crippen molar-refractivity contribution in [2.24, 2.45) is 5.90 Å². The van der Waals surface area contributed by atoms with Gasteiger partial charge >= 0.3 is 0 Å². The van der Waals surface area contributed by atoms with Gasteiger partial charge in [0.05, 0.1) is 0 Å². The molecule has 0 atom stereocenters. The van der Waals surface area contributed by atoms with Crippen LogP contribution >= 0.6 is 12.4 Å². The van der Waals surface area contributed by atoms with Crippen LogP contribution in [0.15, 0.2) is 4.52 Å². The Morgan fingerprint density at radius 2 is 2.08 bits per heavy atom. The van der Waals surface area contributed by atoms with Crippen molar-refractivity contribution in [2.45, 2.75) is 32.8 Å². The fourth-order valence-electron chi connectivity index (χ4n) is 0.692. The van der Waals surface area contributed by atoms with Crippen molar-refractivity contribution in [1.29, 1.82) is 0 Å². The average molecular weight is 208 g/mol. The van der Waals surface area contributed by atoms with Crippen LogP contribution in [-0.4, -0.2) is 10.1 Å². The Labute approximate surface area is 83.0 Å². The lowest BCUT2D eigenvalue weighted by Crippen LogP contribution is -2.11. The maximum atomic E-state index is 4.98. The highest BCUT2D eigenvalue weighted by Crippen LogP contribution is 2.19. The van der Waals surface area contributed by atoms with Crippen LogP contribution in [0, 0.1) is 0 Å². The molecule has 1 heterocycles. The summed E-state index contributed by atoms with van der Waals surface area (Å²) < 4.78 is 4.98. The number of rotatable bonds is 2. The first kappa shape index (κ1) is 12.3. The maximum absolute atomic E-state index is 4.98. The quantitative estimate of drug-likeness (QED) is 0.738. The second kappa shape index (κ2) is 4.55. The van der Waals surface area contributed by atoms with Crippen molar-refractivity contribution in [3.05, 3.63) is 11.7 Å². The monoisotopic (exact) mass is 207 g/mol. The van der Waals surface area contributed by atoms with E-state index in [1.54, 1.807) is 0 Å². The van der Waals surface area contributed by atoms with E-state index in [9.17, 15) is 0 Å². The molecule has 0 saturated heterocycles. The van der Waals surface area contributed by atoms with E-state index in [1.807, 2.05) is 20.8 Å². The van der Waals surface area contributed by atoms with Gasteiger partial charge in [-0.15, -0.1) is 12.4 Å². The molecule has 2 N–H and O–H groups in total. The molecule has 1 aromatic heterocycles. The molecule has 0 aliphatic rings. The molecule has 1 aromatic rings. The van der Waals surface area contributed by atoms with E-state index in [-0.39, 0.29) is 24.4 Å². The molecule has 0 unspecified atom stereocenters. The molecule has 1 rings (SSSR count). The van der Waals surface area contributed by atoms with Crippen LogP contribution in [0.3, 0.4) is 0 Å². The molecule has 0 amide bonds. The summed E-state index contributed by atoms with van der Waals surface area (Å²) in [7, 11) is 0. The van der Waals surface area contributed by atoms with Crippen LogP contribution in [0.2, 0.25) is 0 Å². The predicted molar refractivity (Wildman–Crippen MR) is 49.2 cm³/mol. The minimum Gasteiger partial charge on any atom is -0.339 e. The summed E-state index contributed by atoms with van der Waals surface area (Å²) in [6.45, 7) is 6.16. The highest BCUT2D eigenvalue weighted by atomic mass is 35.5. The van der Waals surface area contributed by atoms with E-state index >= 15 is 0 Å². The summed E-state index contributed by atoms with van der Waals surface area (Å²) in [5, 5.41) is 3.68. The molecule has 0 spiro atoms. The van der Waals surface area contributed by atoms with Crippen LogP contribution in [0.4, 0.5) is 0 Å². The van der Waals surface area contributed by atoms with E-state index in [0.717, 1.165) is 0 Å². The summed E-state index contributed by atoms with van der Waals surface area (Å²) in [5.74, 6) is 5.92. The second-order valence-corrected chi connectivity index (χ2v) is 3.58. The molecule has 0 radical (unpaired) electrons. The fraction of sp³-hybridized carbons (Fsp3) is 0.714. The van der Waals surface area contributed by atoms with E-state index in [4.69, 9.17) is 10.4 Å². The summed E-state index contributed by atoms with van der Waals surface area (Å²) in [4.78, 5) is 8.46. The Hall–Kier alpha value is -0.650. The number of halogens is 1. The van der Waals surface area contributed by atoms with Crippen LogP contribution in [0.5, 0.6) is 0 Å². The zero-order valence-corrected chi connectivity index (χ0v) is 8.72. The minimum atomic E-state index is -0.125. The molecule has 0 saturated carbocycles. The fourth-order valence-corrected chi connectivity index (χ4v) is 0.692. The molecular formula is C7H14ClN3O2. The SMILES string of the molecule is CC(C)(C)c1nc(CON)no1.Cl. The Morgan fingerprint density at radius 1 is 1.46 bits per heavy atom. The molecule has 0 aliphatic heterocycles. The molecule has 0 fully saturated rings. The lowest BCUT2D eigenvalue weighted by atomic mass is 9.97. The molecule has 76 valence electrons. The zero-order chi connectivity index (χ0) is 9.19. The first-order valence-electron chi connectivity index (χ1n) is 3.69. The third-order valence-electron chi connectivity index (χ3n) is 1.32. The smallest absolute Gasteiger partial charge is 0.232 e. The van der Waals surface area contributed by atoms with Crippen molar-refractivity contribution >= 4 is 12.4 Å². The number of aromatic nitrogens is 2. The number of hydrogen-bond acceptors (Lipinski definition) is 5. The zero-order valence-electron chi connectivity index (χ0n) is 7.90. The van der Waals surface area contributed by atoms with Crippen molar-refractivity contribution in [3.63, 3.8) is 0 Å². The topological polar surface area (TPSA) is 74.2 Å². The van der Waals surface area contributed by atoms with E-state index in [0.29, 0.717) is 11.7 Å². The van der Waals surface area contributed by atoms with Gasteiger partial charge < -0.3 is 4.52 Å². The molecule has 6 heteroatoms. The van der Waals surface area contributed by atoms with E-state index in [2.05, 4.69) is 15.0 Å². The van der Waals surface area contributed by atoms with Gasteiger partial charge in [-0.05, 0) is 0 Å². The Bertz CT molecular complexity index is 256. The first-order chi connectivity index (χ1) is 5.54. The van der Waals surface area contributed by atoms with Crippen molar-refractivity contribution in [1.82, 2.24) is 10.1 Å². The van der Waals surface area contributed by atoms with Gasteiger partial charge in [-0.2, -0.15) is 4.98 Å². The van der Waals surface area contributed by atoms with Crippen LogP contribution in [0.25, 0.3) is 0 Å². The highest BCUT2D eigenvalue weighted by Gasteiger charge is 2.21. The number of hydrogen-bond donors (Lipinski definition) is 1. The lowest BCUT2D eigenvalue weighted by molar-refractivity contribution is 0.116. The van der Waals surface area contributed by atoms with E-state index in [1.165, 1.54) is 0 Å². The summed E-state index contributed by atoms with van der Waals surface area (Å²) in [6, 6.07) is 0. The third-order valence-corrected chi connectivity index (χ3v) is 1.32. The summed E-state index contributed by atoms with van der Waals surface area (Å²) in [5.41, 5.74) is -0.125. The van der Waals surface area contributed by atoms with Crippen molar-refractivity contribution in [3.8, 4) is 0 Å². The summed E-state index contributed by atoms with van der Waals surface area (Å²) >= 11 is 0. The molecule has 0 aliphatic carbocycles. The molecule has 5 nitrogen and oxygen atoms in total. The van der Waals surface area contributed by atoms with Crippen molar-refractivity contribution in [2.75, 3.05) is 0 Å². The highest BCUT2D eigenvalue weighted by molar-refractivity contribution is 5.85.